The Bertz CT molecular complexity index is 1260. The fourth-order valence-corrected chi connectivity index (χ4v) is 3.63. The van der Waals surface area contributed by atoms with Crippen LogP contribution in [0.2, 0.25) is 0 Å². The molecule has 0 radical (unpaired) electrons. The van der Waals surface area contributed by atoms with Crippen LogP contribution in [-0.2, 0) is 0 Å². The first-order valence-corrected chi connectivity index (χ1v) is 10.2. The number of nitrogens with zero attached hydrogens (tertiary/aromatic N) is 4. The average Bonchev–Trinajstić information content (AvgIpc) is 2.77. The molecule has 4 aromatic rings. The van der Waals surface area contributed by atoms with E-state index in [1.54, 1.807) is 24.5 Å². The Balaban J connectivity index is 1.62. The van der Waals surface area contributed by atoms with Gasteiger partial charge in [-0.2, -0.15) is 5.10 Å². The summed E-state index contributed by atoms with van der Waals surface area (Å²) in [7, 11) is 0. The molecule has 0 saturated heterocycles. The summed E-state index contributed by atoms with van der Waals surface area (Å²) >= 11 is 6.55. The molecule has 148 valence electrons. The van der Waals surface area contributed by atoms with E-state index in [1.165, 1.54) is 22.4 Å². The predicted molar refractivity (Wildman–Crippen MR) is 123 cm³/mol. The first kappa shape index (κ1) is 19.7. The van der Waals surface area contributed by atoms with E-state index in [0.29, 0.717) is 21.3 Å². The maximum Gasteiger partial charge on any atom is 0.267 e. The number of para-hydroxylation sites is 1. The number of aromatic nitrogens is 3. The Kier molecular flexibility index (Phi) is 6.11. The number of hydrogen-bond acceptors (Lipinski definition) is 6. The first-order chi connectivity index (χ1) is 14.7. The summed E-state index contributed by atoms with van der Waals surface area (Å²) in [6, 6.07) is 20.5. The minimum atomic E-state index is -0.230. The molecule has 3 aromatic heterocycles. The van der Waals surface area contributed by atoms with Crippen molar-refractivity contribution in [1.29, 1.82) is 0 Å². The molecule has 4 rings (SSSR count). The van der Waals surface area contributed by atoms with E-state index in [9.17, 15) is 4.79 Å². The molecule has 0 unspecified atom stereocenters. The smallest absolute Gasteiger partial charge is 0.267 e. The lowest BCUT2D eigenvalue weighted by atomic mass is 10.3. The van der Waals surface area contributed by atoms with Crippen molar-refractivity contribution in [1.82, 2.24) is 19.8 Å². The van der Waals surface area contributed by atoms with Crippen LogP contribution in [0, 0.1) is 0 Å². The molecule has 0 fully saturated rings. The lowest BCUT2D eigenvalue weighted by molar-refractivity contribution is 0.967. The normalized spacial score (nSPS) is 10.9. The Morgan fingerprint density at radius 2 is 1.87 bits per heavy atom. The molecular weight excluding hydrogens is 416 g/mol. The molecular formula is C21H16N6OS2. The van der Waals surface area contributed by atoms with Crippen LogP contribution in [0.1, 0.15) is 5.56 Å². The van der Waals surface area contributed by atoms with Gasteiger partial charge in [0.25, 0.3) is 5.56 Å². The van der Waals surface area contributed by atoms with Crippen molar-refractivity contribution in [2.45, 2.75) is 10.1 Å². The van der Waals surface area contributed by atoms with Crippen molar-refractivity contribution in [2.75, 3.05) is 5.32 Å². The molecule has 0 atom stereocenters. The number of anilines is 1. The molecule has 0 aliphatic rings. The lowest BCUT2D eigenvalue weighted by Crippen LogP contribution is -2.25. The zero-order chi connectivity index (χ0) is 20.8. The Morgan fingerprint density at radius 3 is 2.67 bits per heavy atom. The fraction of sp³-hybridized carbons (Fsp3) is 0. The van der Waals surface area contributed by atoms with Gasteiger partial charge in [0.15, 0.2) is 5.11 Å². The number of benzene rings is 1. The van der Waals surface area contributed by atoms with Crippen LogP contribution in [0.5, 0.6) is 0 Å². The highest BCUT2D eigenvalue weighted by Gasteiger charge is 2.13. The number of thiocarbonyl (C=S) groups is 1. The quantitative estimate of drug-likeness (QED) is 0.216. The highest BCUT2D eigenvalue weighted by molar-refractivity contribution is 7.99. The van der Waals surface area contributed by atoms with Gasteiger partial charge >= 0.3 is 0 Å². The van der Waals surface area contributed by atoms with Crippen molar-refractivity contribution in [3.63, 3.8) is 0 Å². The van der Waals surface area contributed by atoms with Gasteiger partial charge in [0, 0.05) is 18.1 Å². The zero-order valence-corrected chi connectivity index (χ0v) is 17.2. The highest BCUT2D eigenvalue weighted by atomic mass is 32.2. The van der Waals surface area contributed by atoms with Crippen molar-refractivity contribution in [2.24, 2.45) is 5.10 Å². The van der Waals surface area contributed by atoms with E-state index in [0.717, 1.165) is 10.7 Å². The number of pyridine rings is 2. The molecule has 0 aliphatic carbocycles. The SMILES string of the molecule is O=c1c(C=NNC(=S)Nc2ccccc2)c(Sc2ccccn2)nc2ccccn12. The van der Waals surface area contributed by atoms with Gasteiger partial charge in [0.2, 0.25) is 0 Å². The summed E-state index contributed by atoms with van der Waals surface area (Å²) in [5.41, 5.74) is 4.23. The molecule has 9 heteroatoms. The van der Waals surface area contributed by atoms with Gasteiger partial charge in [-0.15, -0.1) is 0 Å². The number of nitrogens with one attached hydrogen (secondary N) is 2. The van der Waals surface area contributed by atoms with E-state index in [1.807, 2.05) is 54.6 Å². The molecule has 7 nitrogen and oxygen atoms in total. The van der Waals surface area contributed by atoms with E-state index < -0.39 is 0 Å². The second-order valence-electron chi connectivity index (χ2n) is 6.02. The monoisotopic (exact) mass is 432 g/mol. The third-order valence-corrected chi connectivity index (χ3v) is 5.11. The Hall–Kier alpha value is -3.56. The molecule has 30 heavy (non-hydrogen) atoms. The van der Waals surface area contributed by atoms with Crippen LogP contribution in [0.25, 0.3) is 5.65 Å². The van der Waals surface area contributed by atoms with Crippen LogP contribution in [0.4, 0.5) is 5.69 Å². The topological polar surface area (TPSA) is 83.7 Å². The first-order valence-electron chi connectivity index (χ1n) is 8.96. The largest absolute Gasteiger partial charge is 0.331 e. The number of rotatable bonds is 5. The van der Waals surface area contributed by atoms with E-state index in [-0.39, 0.29) is 5.56 Å². The van der Waals surface area contributed by atoms with Crippen LogP contribution in [0.15, 0.2) is 99.1 Å². The van der Waals surface area contributed by atoms with Crippen molar-refractivity contribution in [3.05, 3.63) is 95.0 Å². The second kappa shape index (κ2) is 9.29. The highest BCUT2D eigenvalue weighted by Crippen LogP contribution is 2.25. The van der Waals surface area contributed by atoms with Crippen LogP contribution in [-0.4, -0.2) is 25.7 Å². The van der Waals surface area contributed by atoms with E-state index in [2.05, 4.69) is 25.8 Å². The maximum atomic E-state index is 13.0. The van der Waals surface area contributed by atoms with Gasteiger partial charge in [-0.25, -0.2) is 9.97 Å². The summed E-state index contributed by atoms with van der Waals surface area (Å²) in [6.45, 7) is 0. The summed E-state index contributed by atoms with van der Waals surface area (Å²) in [5, 5.41) is 8.71. The summed E-state index contributed by atoms with van der Waals surface area (Å²) in [4.78, 5) is 21.9. The van der Waals surface area contributed by atoms with Gasteiger partial charge in [-0.3, -0.25) is 14.6 Å². The van der Waals surface area contributed by atoms with Crippen molar-refractivity contribution in [3.8, 4) is 0 Å². The summed E-state index contributed by atoms with van der Waals surface area (Å²) in [5.74, 6) is 0. The minimum absolute atomic E-state index is 0.230. The molecule has 0 saturated carbocycles. The average molecular weight is 433 g/mol. The number of fused-ring (bicyclic) bond motifs is 1. The van der Waals surface area contributed by atoms with E-state index in [4.69, 9.17) is 12.2 Å². The van der Waals surface area contributed by atoms with Crippen molar-refractivity contribution >= 4 is 46.6 Å². The molecule has 0 aliphatic heterocycles. The van der Waals surface area contributed by atoms with Gasteiger partial charge < -0.3 is 5.32 Å². The van der Waals surface area contributed by atoms with Gasteiger partial charge in [0.05, 0.1) is 11.8 Å². The number of hydrazone groups is 1. The zero-order valence-electron chi connectivity index (χ0n) is 15.6. The second-order valence-corrected chi connectivity index (χ2v) is 7.44. The Labute approximate surface area is 181 Å². The summed E-state index contributed by atoms with van der Waals surface area (Å²) < 4.78 is 1.48. The standard InChI is InChI=1S/C21H16N6OS2/c28-20-16(14-23-26-21(29)24-15-8-2-1-3-9-15)19(30-18-11-4-6-12-22-18)25-17-10-5-7-13-27(17)20/h1-14H,(H2,24,26,29). The van der Waals surface area contributed by atoms with E-state index >= 15 is 0 Å². The van der Waals surface area contributed by atoms with Crippen molar-refractivity contribution < 1.29 is 0 Å². The van der Waals surface area contributed by atoms with Gasteiger partial charge in [-0.05, 0) is 60.4 Å². The van der Waals surface area contributed by atoms with Gasteiger partial charge in [-0.1, -0.05) is 30.3 Å². The molecule has 3 heterocycles. The maximum absolute atomic E-state index is 13.0. The van der Waals surface area contributed by atoms with Crippen LogP contribution < -0.4 is 16.3 Å². The van der Waals surface area contributed by atoms with Crippen LogP contribution >= 0.6 is 24.0 Å². The predicted octanol–water partition coefficient (Wildman–Crippen LogP) is 3.56. The molecule has 0 amide bonds. The third kappa shape index (κ3) is 4.70. The molecule has 0 spiro atoms. The van der Waals surface area contributed by atoms with Crippen LogP contribution in [0.3, 0.4) is 0 Å². The molecule has 2 N–H and O–H groups in total. The number of hydrogen-bond donors (Lipinski definition) is 2. The minimum Gasteiger partial charge on any atom is -0.331 e. The molecule has 1 aromatic carbocycles. The lowest BCUT2D eigenvalue weighted by Gasteiger charge is -2.08. The summed E-state index contributed by atoms with van der Waals surface area (Å²) in [6.07, 6.45) is 4.80. The fourth-order valence-electron chi connectivity index (χ4n) is 2.61. The Morgan fingerprint density at radius 1 is 1.07 bits per heavy atom. The third-order valence-electron chi connectivity index (χ3n) is 3.96. The molecule has 0 bridgehead atoms. The van der Waals surface area contributed by atoms with Gasteiger partial charge in [0.1, 0.15) is 15.7 Å².